The van der Waals surface area contributed by atoms with E-state index in [2.05, 4.69) is 87.1 Å². The predicted molar refractivity (Wildman–Crippen MR) is 138 cm³/mol. The number of carbonyl (C=O) groups excluding carboxylic acids is 1. The standard InChI is InChI=1S/C28H56N2O/c1-13-15-23(16-18-30(21(3)20-29)19-17-26(5,6)7)25(27(8,9)10)28(11,12)22(4)24(31)14-2/h15,21-22,25H,13-14,16-20,29H2,1-12H3/b23-15-. The van der Waals surface area contributed by atoms with Crippen LogP contribution >= 0.6 is 0 Å². The van der Waals surface area contributed by atoms with E-state index < -0.39 is 0 Å². The van der Waals surface area contributed by atoms with Crippen LogP contribution in [0.4, 0.5) is 0 Å². The highest BCUT2D eigenvalue weighted by molar-refractivity contribution is 5.81. The Kier molecular flexibility index (Phi) is 12.3. The van der Waals surface area contributed by atoms with Crippen LogP contribution in [0.3, 0.4) is 0 Å². The maximum atomic E-state index is 12.7. The lowest BCUT2D eigenvalue weighted by molar-refractivity contribution is -0.127. The number of Topliss-reactive ketones (excluding diaryl/α,β-unsaturated/α-hetero) is 1. The summed E-state index contributed by atoms with van der Waals surface area (Å²) >= 11 is 0. The van der Waals surface area contributed by atoms with E-state index in [-0.39, 0.29) is 16.7 Å². The van der Waals surface area contributed by atoms with Gasteiger partial charge in [-0.2, -0.15) is 0 Å². The molecule has 3 atom stereocenters. The van der Waals surface area contributed by atoms with Crippen molar-refractivity contribution >= 4 is 5.78 Å². The Balaban J connectivity index is 5.90. The lowest BCUT2D eigenvalue weighted by atomic mass is 9.57. The molecule has 0 aliphatic rings. The zero-order valence-corrected chi connectivity index (χ0v) is 23.2. The average Bonchev–Trinajstić information content (AvgIpc) is 2.63. The van der Waals surface area contributed by atoms with Gasteiger partial charge in [0.1, 0.15) is 5.78 Å². The Morgan fingerprint density at radius 2 is 1.52 bits per heavy atom. The fraction of sp³-hybridized carbons (Fsp3) is 0.893. The molecule has 2 N–H and O–H groups in total. The summed E-state index contributed by atoms with van der Waals surface area (Å²) in [4.78, 5) is 15.3. The lowest BCUT2D eigenvalue weighted by Gasteiger charge is -2.48. The van der Waals surface area contributed by atoms with Gasteiger partial charge in [-0.05, 0) is 54.9 Å². The minimum atomic E-state index is -0.0952. The highest BCUT2D eigenvalue weighted by Gasteiger charge is 2.45. The van der Waals surface area contributed by atoms with Crippen LogP contribution in [0.1, 0.15) is 109 Å². The first kappa shape index (κ1) is 30.3. The number of nitrogens with zero attached hydrogens (tertiary/aromatic N) is 1. The average molecular weight is 437 g/mol. The molecule has 0 aromatic carbocycles. The topological polar surface area (TPSA) is 46.3 Å². The maximum absolute atomic E-state index is 12.7. The van der Waals surface area contributed by atoms with E-state index in [1.165, 1.54) is 12.0 Å². The van der Waals surface area contributed by atoms with Crippen LogP contribution in [0.5, 0.6) is 0 Å². The number of hydrogen-bond acceptors (Lipinski definition) is 3. The summed E-state index contributed by atoms with van der Waals surface area (Å²) in [7, 11) is 0. The summed E-state index contributed by atoms with van der Waals surface area (Å²) in [5.74, 6) is 0.767. The highest BCUT2D eigenvalue weighted by atomic mass is 16.1. The summed E-state index contributed by atoms with van der Waals surface area (Å²) in [5, 5.41) is 0. The molecule has 3 nitrogen and oxygen atoms in total. The number of rotatable bonds is 13. The first-order chi connectivity index (χ1) is 14.0. The van der Waals surface area contributed by atoms with Gasteiger partial charge >= 0.3 is 0 Å². The summed E-state index contributed by atoms with van der Waals surface area (Å²) in [6.07, 6.45) is 6.29. The second-order valence-corrected chi connectivity index (χ2v) is 12.5. The molecule has 0 bridgehead atoms. The molecule has 0 spiro atoms. The third kappa shape index (κ3) is 9.78. The van der Waals surface area contributed by atoms with Crippen LogP contribution in [0.15, 0.2) is 11.6 Å². The van der Waals surface area contributed by atoms with Gasteiger partial charge in [-0.25, -0.2) is 0 Å². The van der Waals surface area contributed by atoms with Crippen molar-refractivity contribution in [1.29, 1.82) is 0 Å². The van der Waals surface area contributed by atoms with Gasteiger partial charge in [0.15, 0.2) is 0 Å². The van der Waals surface area contributed by atoms with E-state index >= 15 is 0 Å². The van der Waals surface area contributed by atoms with Gasteiger partial charge in [0, 0.05) is 31.5 Å². The summed E-state index contributed by atoms with van der Waals surface area (Å²) in [6, 6.07) is 0.381. The Bertz CT molecular complexity index is 563. The molecule has 3 heteroatoms. The van der Waals surface area contributed by atoms with Crippen molar-refractivity contribution < 1.29 is 4.79 Å². The largest absolute Gasteiger partial charge is 0.329 e. The third-order valence-corrected chi connectivity index (χ3v) is 7.20. The lowest BCUT2D eigenvalue weighted by Crippen LogP contribution is -2.44. The summed E-state index contributed by atoms with van der Waals surface area (Å²) < 4.78 is 0. The predicted octanol–water partition coefficient (Wildman–Crippen LogP) is 7.10. The quantitative estimate of drug-likeness (QED) is 0.313. The van der Waals surface area contributed by atoms with Crippen LogP contribution < -0.4 is 5.73 Å². The van der Waals surface area contributed by atoms with Gasteiger partial charge in [-0.3, -0.25) is 9.69 Å². The zero-order valence-electron chi connectivity index (χ0n) is 23.2. The molecule has 0 aromatic rings. The van der Waals surface area contributed by atoms with Crippen molar-refractivity contribution in [3.63, 3.8) is 0 Å². The molecule has 0 rings (SSSR count). The van der Waals surface area contributed by atoms with E-state index in [9.17, 15) is 4.79 Å². The molecular formula is C28H56N2O. The first-order valence-electron chi connectivity index (χ1n) is 12.7. The van der Waals surface area contributed by atoms with Crippen LogP contribution in [-0.2, 0) is 4.79 Å². The molecule has 0 fully saturated rings. The number of carbonyl (C=O) groups is 1. The Morgan fingerprint density at radius 1 is 0.968 bits per heavy atom. The maximum Gasteiger partial charge on any atom is 0.135 e. The second kappa shape index (κ2) is 12.5. The monoisotopic (exact) mass is 436 g/mol. The van der Waals surface area contributed by atoms with Crippen molar-refractivity contribution in [2.75, 3.05) is 19.6 Å². The number of nitrogens with two attached hydrogens (primary N) is 1. The van der Waals surface area contributed by atoms with Crippen LogP contribution in [0.25, 0.3) is 0 Å². The number of allylic oxidation sites excluding steroid dienone is 1. The molecule has 0 aliphatic heterocycles. The SMILES string of the molecule is CC/C=C(/CCN(CCC(C)(C)C)C(C)CN)C(C(C)(C)C)C(C)(C)C(C)C(=O)CC. The van der Waals surface area contributed by atoms with Gasteiger partial charge in [0.05, 0.1) is 0 Å². The molecule has 0 aromatic heterocycles. The third-order valence-electron chi connectivity index (χ3n) is 7.20. The molecule has 184 valence electrons. The molecule has 0 aliphatic carbocycles. The second-order valence-electron chi connectivity index (χ2n) is 12.5. The Hall–Kier alpha value is -0.670. The van der Waals surface area contributed by atoms with Gasteiger partial charge in [-0.15, -0.1) is 0 Å². The van der Waals surface area contributed by atoms with Crippen molar-refractivity contribution in [3.8, 4) is 0 Å². The minimum absolute atomic E-state index is 0.0435. The van der Waals surface area contributed by atoms with Gasteiger partial charge in [0.2, 0.25) is 0 Å². The van der Waals surface area contributed by atoms with Gasteiger partial charge in [0.25, 0.3) is 0 Å². The van der Waals surface area contributed by atoms with Gasteiger partial charge < -0.3 is 5.73 Å². The molecule has 31 heavy (non-hydrogen) atoms. The Labute approximate surface area is 195 Å². The number of ketones is 1. The van der Waals surface area contributed by atoms with E-state index in [0.717, 1.165) is 25.9 Å². The molecule has 0 amide bonds. The first-order valence-corrected chi connectivity index (χ1v) is 12.7. The summed E-state index contributed by atoms with van der Waals surface area (Å²) in [5.41, 5.74) is 7.90. The van der Waals surface area contributed by atoms with E-state index in [4.69, 9.17) is 5.73 Å². The molecule has 0 saturated carbocycles. The van der Waals surface area contributed by atoms with Crippen molar-refractivity contribution in [3.05, 3.63) is 11.6 Å². The molecule has 0 radical (unpaired) electrons. The van der Waals surface area contributed by atoms with Crippen LogP contribution in [0, 0.1) is 28.1 Å². The highest BCUT2D eigenvalue weighted by Crippen LogP contribution is 2.50. The zero-order chi connectivity index (χ0) is 24.6. The van der Waals surface area contributed by atoms with Crippen LogP contribution in [0.2, 0.25) is 0 Å². The fourth-order valence-electron chi connectivity index (χ4n) is 5.20. The smallest absolute Gasteiger partial charge is 0.135 e. The van der Waals surface area contributed by atoms with E-state index in [0.29, 0.717) is 36.1 Å². The molecule has 0 saturated heterocycles. The molecule has 0 heterocycles. The normalized spacial score (nSPS) is 17.0. The van der Waals surface area contributed by atoms with Crippen LogP contribution in [-0.4, -0.2) is 36.4 Å². The van der Waals surface area contributed by atoms with Crippen molar-refractivity contribution in [2.24, 2.45) is 33.8 Å². The summed E-state index contributed by atoms with van der Waals surface area (Å²) in [6.45, 7) is 30.0. The molecule has 3 unspecified atom stereocenters. The van der Waals surface area contributed by atoms with E-state index in [1.807, 2.05) is 6.92 Å². The van der Waals surface area contributed by atoms with Crippen molar-refractivity contribution in [1.82, 2.24) is 4.90 Å². The Morgan fingerprint density at radius 3 is 1.90 bits per heavy atom. The minimum Gasteiger partial charge on any atom is -0.329 e. The fourth-order valence-corrected chi connectivity index (χ4v) is 5.20. The molecular weight excluding hydrogens is 380 g/mol. The van der Waals surface area contributed by atoms with Gasteiger partial charge in [-0.1, -0.05) is 87.8 Å². The van der Waals surface area contributed by atoms with Crippen molar-refractivity contribution in [2.45, 2.75) is 115 Å². The van der Waals surface area contributed by atoms with E-state index in [1.54, 1.807) is 0 Å². The number of hydrogen-bond donors (Lipinski definition) is 1.